The maximum atomic E-state index is 11.6. The van der Waals surface area contributed by atoms with Crippen molar-refractivity contribution < 1.29 is 4.79 Å². The van der Waals surface area contributed by atoms with E-state index in [1.165, 1.54) is 16.0 Å². The van der Waals surface area contributed by atoms with E-state index >= 15 is 0 Å². The van der Waals surface area contributed by atoms with Gasteiger partial charge >= 0.3 is 0 Å². The van der Waals surface area contributed by atoms with Crippen molar-refractivity contribution in [1.29, 1.82) is 0 Å². The van der Waals surface area contributed by atoms with Gasteiger partial charge in [-0.3, -0.25) is 4.79 Å². The fourth-order valence-corrected chi connectivity index (χ4v) is 1.96. The molecule has 0 saturated carbocycles. The molecule has 0 radical (unpaired) electrons. The Hall–Kier alpha value is -1.31. The number of benzene rings is 1. The van der Waals surface area contributed by atoms with Crippen LogP contribution in [0.15, 0.2) is 29.3 Å². The van der Waals surface area contributed by atoms with Crippen molar-refractivity contribution in [2.75, 3.05) is 27.2 Å². The van der Waals surface area contributed by atoms with Crippen molar-refractivity contribution >= 4 is 35.8 Å². The van der Waals surface area contributed by atoms with Crippen molar-refractivity contribution in [3.63, 3.8) is 0 Å². The summed E-state index contributed by atoms with van der Waals surface area (Å²) in [4.78, 5) is 17.5. The highest BCUT2D eigenvalue weighted by atomic mass is 127. The number of aryl methyl sites for hydroxylation is 1. The molecular weight excluding hydrogens is 391 g/mol. The van der Waals surface area contributed by atoms with Gasteiger partial charge in [0.25, 0.3) is 0 Å². The van der Waals surface area contributed by atoms with Crippen LogP contribution in [0.25, 0.3) is 0 Å². The summed E-state index contributed by atoms with van der Waals surface area (Å²) in [5.74, 6) is 0.638. The number of carbonyl (C=O) groups is 1. The molecule has 5 nitrogen and oxygen atoms in total. The average molecular weight is 418 g/mol. The van der Waals surface area contributed by atoms with E-state index < -0.39 is 0 Å². The Balaban J connectivity index is 0.00000441. The molecule has 22 heavy (non-hydrogen) atoms. The number of nitrogens with one attached hydrogen (secondary N) is 2. The predicted octanol–water partition coefficient (Wildman–Crippen LogP) is 2.32. The lowest BCUT2D eigenvalue weighted by Crippen LogP contribution is -2.39. The first kappa shape index (κ1) is 20.7. The normalized spacial score (nSPS) is 12.1. The van der Waals surface area contributed by atoms with E-state index in [9.17, 15) is 4.79 Å². The van der Waals surface area contributed by atoms with Crippen LogP contribution >= 0.6 is 24.0 Å². The Labute approximate surface area is 150 Å². The molecule has 6 heteroatoms. The van der Waals surface area contributed by atoms with E-state index in [1.54, 1.807) is 14.1 Å². The van der Waals surface area contributed by atoms with Gasteiger partial charge in [0.2, 0.25) is 5.91 Å². The molecule has 1 unspecified atom stereocenters. The van der Waals surface area contributed by atoms with Gasteiger partial charge in [-0.1, -0.05) is 24.3 Å². The lowest BCUT2D eigenvalue weighted by molar-refractivity contribution is -0.127. The van der Waals surface area contributed by atoms with E-state index in [-0.39, 0.29) is 42.5 Å². The molecule has 1 amide bonds. The zero-order chi connectivity index (χ0) is 15.8. The van der Waals surface area contributed by atoms with Crippen LogP contribution in [0.1, 0.15) is 31.0 Å². The summed E-state index contributed by atoms with van der Waals surface area (Å²) in [6.07, 6.45) is 0. The number of halogens is 1. The van der Waals surface area contributed by atoms with Crippen molar-refractivity contribution in [3.05, 3.63) is 35.4 Å². The topological polar surface area (TPSA) is 56.7 Å². The summed E-state index contributed by atoms with van der Waals surface area (Å²) in [6.45, 7) is 7.07. The van der Waals surface area contributed by atoms with Crippen LogP contribution in [0.3, 0.4) is 0 Å². The SMILES string of the molecule is CCNC(=NCC(=O)N(C)C)NC(C)c1ccccc1C.I. The van der Waals surface area contributed by atoms with E-state index in [0.29, 0.717) is 5.96 Å². The Kier molecular flexibility index (Phi) is 9.80. The van der Waals surface area contributed by atoms with Gasteiger partial charge < -0.3 is 15.5 Å². The number of hydrogen-bond acceptors (Lipinski definition) is 2. The largest absolute Gasteiger partial charge is 0.357 e. The summed E-state index contributed by atoms with van der Waals surface area (Å²) < 4.78 is 0. The third-order valence-corrected chi connectivity index (χ3v) is 3.22. The molecule has 1 rings (SSSR count). The first-order valence-electron chi connectivity index (χ1n) is 7.26. The van der Waals surface area contributed by atoms with E-state index in [0.717, 1.165) is 6.54 Å². The lowest BCUT2D eigenvalue weighted by Gasteiger charge is -2.20. The minimum absolute atomic E-state index is 0. The number of likely N-dealkylation sites (N-methyl/N-ethyl adjacent to an activating group) is 1. The zero-order valence-corrected chi connectivity index (χ0v) is 16.3. The summed E-state index contributed by atoms with van der Waals surface area (Å²) in [7, 11) is 3.46. The van der Waals surface area contributed by atoms with Crippen LogP contribution in [-0.2, 0) is 4.79 Å². The maximum absolute atomic E-state index is 11.6. The minimum Gasteiger partial charge on any atom is -0.357 e. The highest BCUT2D eigenvalue weighted by Crippen LogP contribution is 2.16. The van der Waals surface area contributed by atoms with Gasteiger partial charge in [-0.25, -0.2) is 4.99 Å². The Morgan fingerprint density at radius 2 is 1.95 bits per heavy atom. The lowest BCUT2D eigenvalue weighted by atomic mass is 10.0. The molecule has 0 bridgehead atoms. The van der Waals surface area contributed by atoms with Gasteiger partial charge in [-0.05, 0) is 31.9 Å². The number of hydrogen-bond donors (Lipinski definition) is 2. The molecule has 0 heterocycles. The van der Waals surface area contributed by atoms with Crippen LogP contribution in [0.2, 0.25) is 0 Å². The van der Waals surface area contributed by atoms with Crippen molar-refractivity contribution in [2.24, 2.45) is 4.99 Å². The van der Waals surface area contributed by atoms with Crippen LogP contribution in [0.5, 0.6) is 0 Å². The standard InChI is InChI=1S/C16H26N4O.HI/c1-6-17-16(18-11-15(21)20(4)5)19-13(3)14-10-8-7-9-12(14)2;/h7-10,13H,6,11H2,1-5H3,(H2,17,18,19);1H. The van der Waals surface area contributed by atoms with E-state index in [4.69, 9.17) is 0 Å². The zero-order valence-electron chi connectivity index (χ0n) is 14.0. The number of carbonyl (C=O) groups excluding carboxylic acids is 1. The highest BCUT2D eigenvalue weighted by molar-refractivity contribution is 14.0. The first-order valence-corrected chi connectivity index (χ1v) is 7.26. The number of aliphatic imine (C=N–C) groups is 1. The highest BCUT2D eigenvalue weighted by Gasteiger charge is 2.10. The summed E-state index contributed by atoms with van der Waals surface area (Å²) >= 11 is 0. The molecule has 0 fully saturated rings. The molecule has 1 aromatic carbocycles. The second-order valence-corrected chi connectivity index (χ2v) is 5.21. The Bertz CT molecular complexity index is 503. The fourth-order valence-electron chi connectivity index (χ4n) is 1.96. The third kappa shape index (κ3) is 6.64. The van der Waals surface area contributed by atoms with E-state index in [1.807, 2.05) is 19.1 Å². The van der Waals surface area contributed by atoms with Gasteiger partial charge in [0, 0.05) is 20.6 Å². The molecule has 124 valence electrons. The van der Waals surface area contributed by atoms with Gasteiger partial charge in [0.15, 0.2) is 5.96 Å². The Morgan fingerprint density at radius 1 is 1.32 bits per heavy atom. The second-order valence-electron chi connectivity index (χ2n) is 5.21. The number of rotatable bonds is 5. The number of amides is 1. The third-order valence-electron chi connectivity index (χ3n) is 3.22. The van der Waals surface area contributed by atoms with Crippen molar-refractivity contribution in [1.82, 2.24) is 15.5 Å². The molecule has 0 spiro atoms. The molecule has 0 aliphatic rings. The Morgan fingerprint density at radius 3 is 2.50 bits per heavy atom. The molecular formula is C16H27IN4O. The molecule has 0 aliphatic carbocycles. The van der Waals surface area contributed by atoms with Gasteiger partial charge in [-0.15, -0.1) is 24.0 Å². The second kappa shape index (κ2) is 10.4. The molecule has 0 saturated heterocycles. The van der Waals surface area contributed by atoms with Crippen molar-refractivity contribution in [3.8, 4) is 0 Å². The van der Waals surface area contributed by atoms with Crippen LogP contribution in [-0.4, -0.2) is 44.0 Å². The van der Waals surface area contributed by atoms with Crippen LogP contribution in [0, 0.1) is 6.92 Å². The fraction of sp³-hybridized carbons (Fsp3) is 0.500. The van der Waals surface area contributed by atoms with Gasteiger partial charge in [0.1, 0.15) is 6.54 Å². The van der Waals surface area contributed by atoms with Crippen LogP contribution < -0.4 is 10.6 Å². The minimum atomic E-state index is -0.0178. The summed E-state index contributed by atoms with van der Waals surface area (Å²) in [5, 5.41) is 6.50. The monoisotopic (exact) mass is 418 g/mol. The van der Waals surface area contributed by atoms with Crippen LogP contribution in [0.4, 0.5) is 0 Å². The first-order chi connectivity index (χ1) is 9.95. The van der Waals surface area contributed by atoms with Gasteiger partial charge in [-0.2, -0.15) is 0 Å². The number of nitrogens with zero attached hydrogens (tertiary/aromatic N) is 2. The molecule has 2 N–H and O–H groups in total. The van der Waals surface area contributed by atoms with Crippen molar-refractivity contribution in [2.45, 2.75) is 26.8 Å². The average Bonchev–Trinajstić information content (AvgIpc) is 2.44. The molecule has 0 aliphatic heterocycles. The predicted molar refractivity (Wildman–Crippen MR) is 103 cm³/mol. The maximum Gasteiger partial charge on any atom is 0.243 e. The molecule has 1 atom stereocenters. The summed E-state index contributed by atoms with van der Waals surface area (Å²) in [5.41, 5.74) is 2.46. The summed E-state index contributed by atoms with van der Waals surface area (Å²) in [6, 6.07) is 8.37. The smallest absolute Gasteiger partial charge is 0.243 e. The molecule has 1 aromatic rings. The number of guanidine groups is 1. The van der Waals surface area contributed by atoms with E-state index in [2.05, 4.69) is 41.6 Å². The van der Waals surface area contributed by atoms with Gasteiger partial charge in [0.05, 0.1) is 6.04 Å². The quantitative estimate of drug-likeness (QED) is 0.439. The molecule has 0 aromatic heterocycles.